The van der Waals surface area contributed by atoms with Crippen LogP contribution in [0.5, 0.6) is 5.75 Å². The van der Waals surface area contributed by atoms with Gasteiger partial charge in [-0.15, -0.1) is 0 Å². The van der Waals surface area contributed by atoms with Crippen molar-refractivity contribution >= 4 is 22.4 Å². The minimum absolute atomic E-state index is 0.0946. The molecule has 0 bridgehead atoms. The maximum absolute atomic E-state index is 13.8. The van der Waals surface area contributed by atoms with Gasteiger partial charge in [0.15, 0.2) is 0 Å². The topological polar surface area (TPSA) is 74.4 Å². The minimum Gasteiger partial charge on any atom is -0.494 e. The van der Waals surface area contributed by atoms with Crippen LogP contribution in [0.3, 0.4) is 0 Å². The predicted molar refractivity (Wildman–Crippen MR) is 135 cm³/mol. The Hall–Kier alpha value is -3.60. The van der Waals surface area contributed by atoms with E-state index in [4.69, 9.17) is 4.74 Å². The molecule has 0 aliphatic heterocycles. The Labute approximate surface area is 204 Å². The van der Waals surface area contributed by atoms with E-state index >= 15 is 0 Å². The normalized spacial score (nSPS) is 19.9. The smallest absolute Gasteiger partial charge is 0.252 e. The molecule has 2 aromatic heterocycles. The van der Waals surface area contributed by atoms with Gasteiger partial charge in [-0.3, -0.25) is 4.79 Å². The number of ether oxygens (including phenoxy) is 1. The molecule has 0 N–H and O–H groups in total. The van der Waals surface area contributed by atoms with Gasteiger partial charge in [0.2, 0.25) is 0 Å². The maximum Gasteiger partial charge on any atom is 0.252 e. The number of benzene rings is 1. The molecule has 5 rings (SSSR count). The minimum atomic E-state index is -0.291. The lowest BCUT2D eigenvalue weighted by Gasteiger charge is -2.42. The quantitative estimate of drug-likeness (QED) is 0.527. The van der Waals surface area contributed by atoms with Gasteiger partial charge in [0.1, 0.15) is 28.8 Å². The van der Waals surface area contributed by atoms with Crippen molar-refractivity contribution in [3.05, 3.63) is 58.3 Å². The van der Waals surface area contributed by atoms with Gasteiger partial charge in [0, 0.05) is 44.4 Å². The lowest BCUT2D eigenvalue weighted by Crippen LogP contribution is -2.44. The van der Waals surface area contributed by atoms with Gasteiger partial charge in [-0.1, -0.05) is 0 Å². The van der Waals surface area contributed by atoms with E-state index in [1.807, 2.05) is 13.1 Å². The molecule has 8 heteroatoms. The number of nitriles is 1. The highest BCUT2D eigenvalue weighted by atomic mass is 19.1. The van der Waals surface area contributed by atoms with Crippen molar-refractivity contribution in [2.75, 3.05) is 24.0 Å². The fraction of sp³-hybridized carbons (Fsp3) is 0.444. The monoisotopic (exact) mass is 475 g/mol. The van der Waals surface area contributed by atoms with Crippen LogP contribution in [-0.4, -0.2) is 41.8 Å². The summed E-state index contributed by atoms with van der Waals surface area (Å²) in [6.45, 7) is 0. The van der Waals surface area contributed by atoms with Gasteiger partial charge < -0.3 is 19.1 Å². The third kappa shape index (κ3) is 4.31. The van der Waals surface area contributed by atoms with E-state index in [-0.39, 0.29) is 17.4 Å². The van der Waals surface area contributed by atoms with Gasteiger partial charge in [0.25, 0.3) is 5.56 Å². The summed E-state index contributed by atoms with van der Waals surface area (Å²) in [6, 6.07) is 13.1. The second kappa shape index (κ2) is 9.21. The summed E-state index contributed by atoms with van der Waals surface area (Å²) in [7, 11) is 5.33. The fourth-order valence-corrected chi connectivity index (χ4v) is 5.47. The highest BCUT2D eigenvalue weighted by Crippen LogP contribution is 2.42. The maximum atomic E-state index is 13.8. The second-order valence-electron chi connectivity index (χ2n) is 9.63. The second-order valence-corrected chi connectivity index (χ2v) is 9.63. The summed E-state index contributed by atoms with van der Waals surface area (Å²) in [4.78, 5) is 21.8. The number of nitrogens with zero attached hydrogens (tertiary/aromatic N) is 5. The number of hydrogen-bond acceptors (Lipinski definition) is 6. The zero-order valence-corrected chi connectivity index (χ0v) is 20.4. The van der Waals surface area contributed by atoms with E-state index in [1.54, 1.807) is 36.9 Å². The SMILES string of the molecule is COc1cc(F)ccc1N(C1CCC(N(C)c2cc(=O)n(C)c3ccc(C#N)nc23)CC1)C1CC1. The van der Waals surface area contributed by atoms with Crippen molar-refractivity contribution in [2.24, 2.45) is 7.05 Å². The molecule has 0 amide bonds. The molecule has 0 atom stereocenters. The molecule has 0 saturated heterocycles. The summed E-state index contributed by atoms with van der Waals surface area (Å²) in [5.41, 5.74) is 3.37. The van der Waals surface area contributed by atoms with Crippen molar-refractivity contribution in [3.8, 4) is 11.8 Å². The number of methoxy groups -OCH3 is 1. The van der Waals surface area contributed by atoms with E-state index in [0.717, 1.165) is 55.4 Å². The van der Waals surface area contributed by atoms with Crippen LogP contribution in [0.2, 0.25) is 0 Å². The van der Waals surface area contributed by atoms with E-state index in [1.165, 1.54) is 12.1 Å². The van der Waals surface area contributed by atoms with Crippen molar-refractivity contribution in [3.63, 3.8) is 0 Å². The first-order valence-corrected chi connectivity index (χ1v) is 12.2. The molecule has 2 fully saturated rings. The molecule has 1 aromatic carbocycles. The summed E-state index contributed by atoms with van der Waals surface area (Å²) in [6.07, 6.45) is 6.20. The lowest BCUT2D eigenvalue weighted by atomic mass is 9.88. The molecular formula is C27H30FN5O2. The number of pyridine rings is 2. The molecule has 2 saturated carbocycles. The van der Waals surface area contributed by atoms with Gasteiger partial charge in [0.05, 0.1) is 24.0 Å². The van der Waals surface area contributed by atoms with Crippen molar-refractivity contribution in [1.29, 1.82) is 5.26 Å². The Morgan fingerprint density at radius 2 is 1.69 bits per heavy atom. The number of fused-ring (bicyclic) bond motifs is 1. The molecule has 2 aliphatic rings. The largest absolute Gasteiger partial charge is 0.494 e. The van der Waals surface area contributed by atoms with Crippen molar-refractivity contribution in [1.82, 2.24) is 9.55 Å². The van der Waals surface area contributed by atoms with E-state index in [9.17, 15) is 14.4 Å². The molecule has 0 spiro atoms. The van der Waals surface area contributed by atoms with Gasteiger partial charge in [-0.2, -0.15) is 5.26 Å². The first-order chi connectivity index (χ1) is 16.9. The first-order valence-electron chi connectivity index (χ1n) is 12.2. The molecule has 182 valence electrons. The number of rotatable bonds is 6. The summed E-state index contributed by atoms with van der Waals surface area (Å²) >= 11 is 0. The Balaban J connectivity index is 1.39. The number of anilines is 2. The summed E-state index contributed by atoms with van der Waals surface area (Å²) < 4.78 is 20.9. The number of hydrogen-bond donors (Lipinski definition) is 0. The van der Waals surface area contributed by atoms with Gasteiger partial charge >= 0.3 is 0 Å². The Morgan fingerprint density at radius 3 is 2.31 bits per heavy atom. The van der Waals surface area contributed by atoms with Gasteiger partial charge in [-0.05, 0) is 62.8 Å². The fourth-order valence-electron chi connectivity index (χ4n) is 5.47. The lowest BCUT2D eigenvalue weighted by molar-refractivity contribution is 0.360. The average Bonchev–Trinajstić information content (AvgIpc) is 3.72. The van der Waals surface area contributed by atoms with E-state index in [2.05, 4.69) is 20.9 Å². The molecule has 3 aromatic rings. The molecule has 2 aliphatic carbocycles. The third-order valence-corrected chi connectivity index (χ3v) is 7.53. The molecule has 7 nitrogen and oxygen atoms in total. The van der Waals surface area contributed by atoms with Crippen molar-refractivity contribution in [2.45, 2.75) is 56.7 Å². The van der Waals surface area contributed by atoms with Crippen LogP contribution in [0.25, 0.3) is 11.0 Å². The van der Waals surface area contributed by atoms with Crippen LogP contribution in [0, 0.1) is 17.1 Å². The Morgan fingerprint density at radius 1 is 1.03 bits per heavy atom. The highest BCUT2D eigenvalue weighted by Gasteiger charge is 2.38. The van der Waals surface area contributed by atoms with Crippen LogP contribution in [0.1, 0.15) is 44.2 Å². The first kappa shape index (κ1) is 23.2. The highest BCUT2D eigenvalue weighted by molar-refractivity contribution is 5.88. The summed E-state index contributed by atoms with van der Waals surface area (Å²) in [5.74, 6) is 0.295. The number of aromatic nitrogens is 2. The van der Waals surface area contributed by atoms with Crippen LogP contribution < -0.4 is 20.1 Å². The number of halogens is 1. The molecule has 2 heterocycles. The van der Waals surface area contributed by atoms with Crippen LogP contribution >= 0.6 is 0 Å². The predicted octanol–water partition coefficient (Wildman–Crippen LogP) is 4.37. The third-order valence-electron chi connectivity index (χ3n) is 7.53. The molecule has 35 heavy (non-hydrogen) atoms. The number of aryl methyl sites for hydroxylation is 1. The zero-order valence-electron chi connectivity index (χ0n) is 20.4. The summed E-state index contributed by atoms with van der Waals surface area (Å²) in [5, 5.41) is 9.35. The Kier molecular flexibility index (Phi) is 6.10. The molecular weight excluding hydrogens is 445 g/mol. The van der Waals surface area contributed by atoms with Crippen LogP contribution in [-0.2, 0) is 7.05 Å². The van der Waals surface area contributed by atoms with E-state index < -0.39 is 0 Å². The van der Waals surface area contributed by atoms with Crippen molar-refractivity contribution < 1.29 is 9.13 Å². The average molecular weight is 476 g/mol. The van der Waals surface area contributed by atoms with Crippen LogP contribution in [0.15, 0.2) is 41.2 Å². The Bertz CT molecular complexity index is 1350. The zero-order chi connectivity index (χ0) is 24.7. The van der Waals surface area contributed by atoms with E-state index in [0.29, 0.717) is 29.0 Å². The molecule has 0 radical (unpaired) electrons. The molecule has 0 unspecified atom stereocenters. The standard InChI is InChI=1S/C27H30FN5O2/c1-31(24-15-26(34)32(2)23-13-5-18(16-29)30-27(23)24)19-6-8-20(9-7-19)33(21-10-11-21)22-12-4-17(28)14-25(22)35-3/h4-5,12-15,19-21H,6-11H2,1-3H3. The van der Waals surface area contributed by atoms with Gasteiger partial charge in [-0.25, -0.2) is 9.37 Å². The van der Waals surface area contributed by atoms with Crippen LogP contribution in [0.4, 0.5) is 15.8 Å².